The zero-order valence-electron chi connectivity index (χ0n) is 8.55. The molecule has 1 aliphatic rings. The smallest absolute Gasteiger partial charge is 0.297 e. The maximum absolute atomic E-state index is 11.9. The summed E-state index contributed by atoms with van der Waals surface area (Å²) in [6.45, 7) is 1.97. The lowest BCUT2D eigenvalue weighted by molar-refractivity contribution is 0.641. The number of aromatic nitrogens is 2. The number of hydrogen-bond donors (Lipinski definition) is 1. The lowest BCUT2D eigenvalue weighted by atomic mass is 10.2. The molecule has 0 unspecified atom stereocenters. The Labute approximate surface area is 91.9 Å². The highest BCUT2D eigenvalue weighted by Crippen LogP contribution is 2.32. The molecule has 1 heterocycles. The number of H-pyrrole nitrogens is 1. The van der Waals surface area contributed by atoms with Gasteiger partial charge in [-0.3, -0.25) is 14.3 Å². The maximum atomic E-state index is 11.9. The summed E-state index contributed by atoms with van der Waals surface area (Å²) in [7, 11) is 0. The molecule has 1 N–H and O–H groups in total. The number of nitrogens with one attached hydrogen (secondary N) is 1. The average molecular weight is 229 g/mol. The zero-order chi connectivity index (χ0) is 11.0. The SMILES string of the molecule is CCCc1c(Cl)[nH]c(=O)n(C2CC2)c1=O. The van der Waals surface area contributed by atoms with Gasteiger partial charge in [0.15, 0.2) is 0 Å². The fraction of sp³-hybridized carbons (Fsp3) is 0.600. The summed E-state index contributed by atoms with van der Waals surface area (Å²) in [5.41, 5.74) is -0.0638. The van der Waals surface area contributed by atoms with Gasteiger partial charge >= 0.3 is 5.69 Å². The van der Waals surface area contributed by atoms with Crippen molar-refractivity contribution >= 4 is 11.6 Å². The van der Waals surface area contributed by atoms with Gasteiger partial charge in [0.05, 0.1) is 5.56 Å². The summed E-state index contributed by atoms with van der Waals surface area (Å²) >= 11 is 5.84. The molecule has 1 saturated carbocycles. The molecule has 0 aromatic carbocycles. The van der Waals surface area contributed by atoms with Gasteiger partial charge in [-0.1, -0.05) is 24.9 Å². The topological polar surface area (TPSA) is 54.9 Å². The van der Waals surface area contributed by atoms with Crippen molar-refractivity contribution in [2.45, 2.75) is 38.6 Å². The Morgan fingerprint density at radius 2 is 2.13 bits per heavy atom. The zero-order valence-corrected chi connectivity index (χ0v) is 9.30. The monoisotopic (exact) mass is 228 g/mol. The van der Waals surface area contributed by atoms with Crippen LogP contribution in [0.3, 0.4) is 0 Å². The van der Waals surface area contributed by atoms with Gasteiger partial charge in [0.25, 0.3) is 5.56 Å². The van der Waals surface area contributed by atoms with Crippen LogP contribution in [0.2, 0.25) is 5.15 Å². The van der Waals surface area contributed by atoms with Crippen LogP contribution in [-0.4, -0.2) is 9.55 Å². The molecule has 0 saturated heterocycles. The van der Waals surface area contributed by atoms with E-state index >= 15 is 0 Å². The lowest BCUT2D eigenvalue weighted by Crippen LogP contribution is -2.36. The molecule has 0 bridgehead atoms. The van der Waals surface area contributed by atoms with E-state index in [1.807, 2.05) is 6.92 Å². The summed E-state index contributed by atoms with van der Waals surface area (Å²) in [6.07, 6.45) is 3.28. The van der Waals surface area contributed by atoms with E-state index in [1.165, 1.54) is 4.57 Å². The average Bonchev–Trinajstić information content (AvgIpc) is 2.96. The predicted octanol–water partition coefficient (Wildman–Crippen LogP) is 1.48. The third kappa shape index (κ3) is 1.86. The Morgan fingerprint density at radius 1 is 1.47 bits per heavy atom. The van der Waals surface area contributed by atoms with Gasteiger partial charge in [0.2, 0.25) is 0 Å². The molecule has 0 amide bonds. The minimum Gasteiger partial charge on any atom is -0.297 e. The summed E-state index contributed by atoms with van der Waals surface area (Å²) in [6, 6.07) is 0.0918. The van der Waals surface area contributed by atoms with Gasteiger partial charge in [0, 0.05) is 6.04 Å². The Bertz CT molecular complexity index is 485. The molecule has 1 aliphatic carbocycles. The minimum atomic E-state index is -0.382. The first-order chi connectivity index (χ1) is 7.15. The molecule has 82 valence electrons. The molecule has 0 atom stereocenters. The van der Waals surface area contributed by atoms with Crippen LogP contribution in [0.1, 0.15) is 37.8 Å². The quantitative estimate of drug-likeness (QED) is 0.797. The molecular formula is C10H13ClN2O2. The molecule has 15 heavy (non-hydrogen) atoms. The van der Waals surface area contributed by atoms with Crippen molar-refractivity contribution in [3.05, 3.63) is 31.6 Å². The highest BCUT2D eigenvalue weighted by molar-refractivity contribution is 6.30. The number of aromatic amines is 1. The first-order valence-corrected chi connectivity index (χ1v) is 5.56. The normalized spacial score (nSPS) is 15.6. The Balaban J connectivity index is 2.60. The van der Waals surface area contributed by atoms with Gasteiger partial charge in [-0.15, -0.1) is 0 Å². The Morgan fingerprint density at radius 3 is 2.67 bits per heavy atom. The second-order valence-corrected chi connectivity index (χ2v) is 4.26. The van der Waals surface area contributed by atoms with Crippen LogP contribution in [-0.2, 0) is 6.42 Å². The van der Waals surface area contributed by atoms with Crippen molar-refractivity contribution in [1.29, 1.82) is 0 Å². The molecule has 4 nitrogen and oxygen atoms in total. The Kier molecular flexibility index (Phi) is 2.69. The van der Waals surface area contributed by atoms with Crippen LogP contribution < -0.4 is 11.2 Å². The summed E-state index contributed by atoms with van der Waals surface area (Å²) in [5, 5.41) is 0.198. The van der Waals surface area contributed by atoms with E-state index < -0.39 is 0 Å². The first kappa shape index (κ1) is 10.5. The van der Waals surface area contributed by atoms with Crippen molar-refractivity contribution in [2.24, 2.45) is 0 Å². The molecule has 1 fully saturated rings. The van der Waals surface area contributed by atoms with Crippen molar-refractivity contribution < 1.29 is 0 Å². The fourth-order valence-electron chi connectivity index (χ4n) is 1.69. The van der Waals surface area contributed by atoms with Gasteiger partial charge in [-0.25, -0.2) is 4.79 Å². The van der Waals surface area contributed by atoms with E-state index in [9.17, 15) is 9.59 Å². The van der Waals surface area contributed by atoms with Gasteiger partial charge in [-0.05, 0) is 19.3 Å². The van der Waals surface area contributed by atoms with E-state index in [0.29, 0.717) is 12.0 Å². The van der Waals surface area contributed by atoms with Gasteiger partial charge in [-0.2, -0.15) is 0 Å². The van der Waals surface area contributed by atoms with Crippen LogP contribution in [0.15, 0.2) is 9.59 Å². The number of rotatable bonds is 3. The van der Waals surface area contributed by atoms with E-state index in [0.717, 1.165) is 19.3 Å². The largest absolute Gasteiger partial charge is 0.329 e. The number of nitrogens with zero attached hydrogens (tertiary/aromatic N) is 1. The molecular weight excluding hydrogens is 216 g/mol. The summed E-state index contributed by atoms with van der Waals surface area (Å²) < 4.78 is 1.30. The van der Waals surface area contributed by atoms with Crippen molar-refractivity contribution in [1.82, 2.24) is 9.55 Å². The predicted molar refractivity (Wildman–Crippen MR) is 58.6 cm³/mol. The van der Waals surface area contributed by atoms with Crippen molar-refractivity contribution in [3.8, 4) is 0 Å². The van der Waals surface area contributed by atoms with E-state index in [-0.39, 0.29) is 22.4 Å². The van der Waals surface area contributed by atoms with Crippen LogP contribution >= 0.6 is 11.6 Å². The van der Waals surface area contributed by atoms with E-state index in [4.69, 9.17) is 11.6 Å². The number of hydrogen-bond acceptors (Lipinski definition) is 2. The minimum absolute atomic E-state index is 0.0918. The second-order valence-electron chi connectivity index (χ2n) is 3.88. The molecule has 1 aromatic rings. The number of halogens is 1. The van der Waals surface area contributed by atoms with Gasteiger partial charge < -0.3 is 0 Å². The van der Waals surface area contributed by atoms with Crippen molar-refractivity contribution in [2.75, 3.05) is 0 Å². The Hall–Kier alpha value is -1.03. The third-order valence-corrected chi connectivity index (χ3v) is 2.91. The molecule has 0 spiro atoms. The van der Waals surface area contributed by atoms with Crippen LogP contribution in [0.5, 0.6) is 0 Å². The molecule has 5 heteroatoms. The maximum Gasteiger partial charge on any atom is 0.329 e. The summed E-state index contributed by atoms with van der Waals surface area (Å²) in [5.74, 6) is 0. The lowest BCUT2D eigenvalue weighted by Gasteiger charge is -2.06. The summed E-state index contributed by atoms with van der Waals surface area (Å²) in [4.78, 5) is 26.0. The van der Waals surface area contributed by atoms with Gasteiger partial charge in [0.1, 0.15) is 5.15 Å². The highest BCUT2D eigenvalue weighted by atomic mass is 35.5. The van der Waals surface area contributed by atoms with E-state index in [2.05, 4.69) is 4.98 Å². The second kappa shape index (κ2) is 3.85. The fourth-order valence-corrected chi connectivity index (χ4v) is 1.95. The first-order valence-electron chi connectivity index (χ1n) is 5.18. The highest BCUT2D eigenvalue weighted by Gasteiger charge is 2.28. The third-order valence-electron chi connectivity index (χ3n) is 2.59. The molecule has 1 aromatic heterocycles. The van der Waals surface area contributed by atoms with Crippen LogP contribution in [0, 0.1) is 0 Å². The molecule has 2 rings (SSSR count). The van der Waals surface area contributed by atoms with Crippen molar-refractivity contribution in [3.63, 3.8) is 0 Å². The van der Waals surface area contributed by atoms with E-state index in [1.54, 1.807) is 0 Å². The van der Waals surface area contributed by atoms with Crippen LogP contribution in [0.4, 0.5) is 0 Å². The van der Waals surface area contributed by atoms with Crippen LogP contribution in [0.25, 0.3) is 0 Å². The molecule has 0 radical (unpaired) electrons. The standard InChI is InChI=1S/C10H13ClN2O2/c1-2-3-7-8(11)12-10(15)13(9(7)14)6-4-5-6/h6H,2-5H2,1H3,(H,12,15). The molecule has 0 aliphatic heterocycles.